The van der Waals surface area contributed by atoms with Crippen LogP contribution < -0.4 is 5.84 Å². The number of nitrogens with zero attached hydrogens (tertiary/aromatic N) is 1. The van der Waals surface area contributed by atoms with Gasteiger partial charge in [0.15, 0.2) is 0 Å². The second-order valence-corrected chi connectivity index (χ2v) is 4.53. The number of carboxylic acids is 1. The maximum Gasteiger partial charge on any atom is 0.308 e. The molecule has 0 saturated heterocycles. The number of hydrogen-bond acceptors (Lipinski definition) is 3. The third-order valence-electron chi connectivity index (χ3n) is 3.09. The zero-order chi connectivity index (χ0) is 13.4. The van der Waals surface area contributed by atoms with E-state index in [0.717, 1.165) is 17.9 Å². The zero-order valence-electron chi connectivity index (χ0n) is 11.0. The lowest BCUT2D eigenvalue weighted by molar-refractivity contribution is -0.144. The van der Waals surface area contributed by atoms with E-state index in [1.807, 2.05) is 0 Å². The molecular weight excluding hydrogens is 220 g/mol. The molecule has 0 aromatic heterocycles. The Morgan fingerprint density at radius 3 is 2.29 bits per heavy atom. The van der Waals surface area contributed by atoms with Gasteiger partial charge in [0.25, 0.3) is 0 Å². The maximum atomic E-state index is 11.3. The molecule has 1 amide bonds. The molecule has 0 aliphatic rings. The second kappa shape index (κ2) is 8.06. The second-order valence-electron chi connectivity index (χ2n) is 4.53. The molecule has 0 saturated carbocycles. The summed E-state index contributed by atoms with van der Waals surface area (Å²) in [5, 5.41) is 10.1. The monoisotopic (exact) mass is 244 g/mol. The van der Waals surface area contributed by atoms with Crippen LogP contribution in [0.25, 0.3) is 0 Å². The van der Waals surface area contributed by atoms with Gasteiger partial charge in [-0.3, -0.25) is 14.6 Å². The zero-order valence-corrected chi connectivity index (χ0v) is 11.0. The molecule has 0 aliphatic carbocycles. The Kier molecular flexibility index (Phi) is 7.54. The van der Waals surface area contributed by atoms with Crippen molar-refractivity contribution in [1.82, 2.24) is 5.01 Å². The molecule has 0 radical (unpaired) electrons. The molecule has 0 aromatic carbocycles. The molecule has 0 aromatic rings. The van der Waals surface area contributed by atoms with Gasteiger partial charge in [-0.15, -0.1) is 0 Å². The van der Waals surface area contributed by atoms with Gasteiger partial charge in [-0.2, -0.15) is 0 Å². The lowest BCUT2D eigenvalue weighted by Crippen LogP contribution is -2.42. The number of aliphatic carboxylic acids is 1. The SMILES string of the molecule is CCC(=O)N(N)CC(CCC(C)CC)C(=O)O. The van der Waals surface area contributed by atoms with Crippen LogP contribution in [-0.4, -0.2) is 28.5 Å². The summed E-state index contributed by atoms with van der Waals surface area (Å²) in [6.45, 7) is 5.97. The number of rotatable bonds is 8. The van der Waals surface area contributed by atoms with Crippen molar-refractivity contribution in [3.05, 3.63) is 0 Å². The summed E-state index contributed by atoms with van der Waals surface area (Å²) < 4.78 is 0. The van der Waals surface area contributed by atoms with Crippen LogP contribution in [0.3, 0.4) is 0 Å². The summed E-state index contributed by atoms with van der Waals surface area (Å²) in [6, 6.07) is 0. The van der Waals surface area contributed by atoms with E-state index in [1.54, 1.807) is 6.92 Å². The van der Waals surface area contributed by atoms with Crippen molar-refractivity contribution < 1.29 is 14.7 Å². The van der Waals surface area contributed by atoms with E-state index in [4.69, 9.17) is 10.9 Å². The van der Waals surface area contributed by atoms with Crippen molar-refractivity contribution in [3.8, 4) is 0 Å². The summed E-state index contributed by atoms with van der Waals surface area (Å²) in [5.74, 6) is 4.36. The largest absolute Gasteiger partial charge is 0.481 e. The lowest BCUT2D eigenvalue weighted by Gasteiger charge is -2.21. The molecule has 3 N–H and O–H groups in total. The van der Waals surface area contributed by atoms with Crippen molar-refractivity contribution in [2.24, 2.45) is 17.7 Å². The smallest absolute Gasteiger partial charge is 0.308 e. The fourth-order valence-corrected chi connectivity index (χ4v) is 1.53. The fraction of sp³-hybridized carbons (Fsp3) is 0.833. The first kappa shape index (κ1) is 15.9. The van der Waals surface area contributed by atoms with Gasteiger partial charge in [0, 0.05) is 6.42 Å². The van der Waals surface area contributed by atoms with Crippen molar-refractivity contribution in [2.45, 2.75) is 46.5 Å². The number of nitrogens with two attached hydrogens (primary N) is 1. The van der Waals surface area contributed by atoms with Gasteiger partial charge in [-0.1, -0.05) is 27.2 Å². The van der Waals surface area contributed by atoms with Crippen LogP contribution in [0, 0.1) is 11.8 Å². The van der Waals surface area contributed by atoms with Gasteiger partial charge in [0.05, 0.1) is 12.5 Å². The average Bonchev–Trinajstić information content (AvgIpc) is 2.31. The van der Waals surface area contributed by atoms with Crippen LogP contribution in [-0.2, 0) is 9.59 Å². The number of carboxylic acid groups (broad SMARTS) is 1. The predicted octanol–water partition coefficient (Wildman–Crippen LogP) is 1.63. The van der Waals surface area contributed by atoms with E-state index < -0.39 is 11.9 Å². The number of hydrazine groups is 1. The van der Waals surface area contributed by atoms with E-state index in [1.165, 1.54) is 0 Å². The van der Waals surface area contributed by atoms with Gasteiger partial charge >= 0.3 is 5.97 Å². The van der Waals surface area contributed by atoms with Gasteiger partial charge in [0.1, 0.15) is 0 Å². The highest BCUT2D eigenvalue weighted by molar-refractivity contribution is 5.76. The van der Waals surface area contributed by atoms with Crippen molar-refractivity contribution >= 4 is 11.9 Å². The molecule has 5 heteroatoms. The number of carbonyl (C=O) groups is 2. The summed E-state index contributed by atoms with van der Waals surface area (Å²) in [6.07, 6.45) is 2.75. The Bertz CT molecular complexity index is 256. The summed E-state index contributed by atoms with van der Waals surface area (Å²) in [4.78, 5) is 22.3. The fourth-order valence-electron chi connectivity index (χ4n) is 1.53. The van der Waals surface area contributed by atoms with E-state index in [0.29, 0.717) is 18.8 Å². The molecule has 0 heterocycles. The summed E-state index contributed by atoms with van der Waals surface area (Å²) >= 11 is 0. The van der Waals surface area contributed by atoms with Crippen LogP contribution in [0.5, 0.6) is 0 Å². The molecular formula is C12H24N2O3. The van der Waals surface area contributed by atoms with Crippen LogP contribution in [0.4, 0.5) is 0 Å². The molecule has 2 atom stereocenters. The van der Waals surface area contributed by atoms with Crippen molar-refractivity contribution in [3.63, 3.8) is 0 Å². The predicted molar refractivity (Wildman–Crippen MR) is 66.0 cm³/mol. The number of hydrogen-bond donors (Lipinski definition) is 2. The summed E-state index contributed by atoms with van der Waals surface area (Å²) in [7, 11) is 0. The molecule has 0 spiro atoms. The Morgan fingerprint density at radius 1 is 1.29 bits per heavy atom. The van der Waals surface area contributed by atoms with Crippen LogP contribution >= 0.6 is 0 Å². The number of amides is 1. The van der Waals surface area contributed by atoms with Gasteiger partial charge < -0.3 is 5.11 Å². The minimum absolute atomic E-state index is 0.0957. The Hall–Kier alpha value is -1.10. The molecule has 2 unspecified atom stereocenters. The van der Waals surface area contributed by atoms with Crippen molar-refractivity contribution in [2.75, 3.05) is 6.54 Å². The third-order valence-corrected chi connectivity index (χ3v) is 3.09. The molecule has 0 rings (SSSR count). The van der Waals surface area contributed by atoms with Gasteiger partial charge in [-0.25, -0.2) is 5.84 Å². The molecule has 100 valence electrons. The highest BCUT2D eigenvalue weighted by atomic mass is 16.4. The van der Waals surface area contributed by atoms with E-state index in [9.17, 15) is 9.59 Å². The van der Waals surface area contributed by atoms with Gasteiger partial charge in [0.2, 0.25) is 5.91 Å². The Balaban J connectivity index is 4.24. The molecule has 17 heavy (non-hydrogen) atoms. The minimum Gasteiger partial charge on any atom is -0.481 e. The highest BCUT2D eigenvalue weighted by Gasteiger charge is 2.22. The van der Waals surface area contributed by atoms with E-state index in [2.05, 4.69) is 13.8 Å². The first-order valence-corrected chi connectivity index (χ1v) is 6.20. The van der Waals surface area contributed by atoms with Crippen LogP contribution in [0.1, 0.15) is 46.5 Å². The maximum absolute atomic E-state index is 11.3. The normalized spacial score (nSPS) is 14.1. The third kappa shape index (κ3) is 6.26. The summed E-state index contributed by atoms with van der Waals surface area (Å²) in [5.41, 5.74) is 0. The van der Waals surface area contributed by atoms with Crippen LogP contribution in [0.2, 0.25) is 0 Å². The Morgan fingerprint density at radius 2 is 1.88 bits per heavy atom. The average molecular weight is 244 g/mol. The van der Waals surface area contributed by atoms with Gasteiger partial charge in [-0.05, 0) is 18.8 Å². The topological polar surface area (TPSA) is 83.6 Å². The lowest BCUT2D eigenvalue weighted by atomic mass is 9.95. The molecule has 5 nitrogen and oxygen atoms in total. The highest BCUT2D eigenvalue weighted by Crippen LogP contribution is 2.16. The quantitative estimate of drug-likeness (QED) is 0.386. The molecule has 0 fully saturated rings. The van der Waals surface area contributed by atoms with E-state index in [-0.39, 0.29) is 12.5 Å². The standard InChI is InChI=1S/C12H24N2O3/c1-4-9(3)6-7-10(12(16)17)8-14(13)11(15)5-2/h9-10H,4-8,13H2,1-3H3,(H,16,17). The minimum atomic E-state index is -0.882. The Labute approximate surface area is 103 Å². The van der Waals surface area contributed by atoms with Crippen LogP contribution in [0.15, 0.2) is 0 Å². The molecule has 0 aliphatic heterocycles. The number of carbonyl (C=O) groups excluding carboxylic acids is 1. The van der Waals surface area contributed by atoms with E-state index >= 15 is 0 Å². The van der Waals surface area contributed by atoms with Crippen molar-refractivity contribution in [1.29, 1.82) is 0 Å². The first-order chi connectivity index (χ1) is 7.92. The first-order valence-electron chi connectivity index (χ1n) is 6.20. The molecule has 0 bridgehead atoms.